The number of ether oxygens (including phenoxy) is 3. The van der Waals surface area contributed by atoms with Crippen molar-refractivity contribution in [1.29, 1.82) is 0 Å². The molecule has 0 saturated carbocycles. The number of carboxylic acids is 1. The Labute approximate surface area is 114 Å². The van der Waals surface area contributed by atoms with Gasteiger partial charge < -0.3 is 24.6 Å². The summed E-state index contributed by atoms with van der Waals surface area (Å²) in [4.78, 5) is 29.8. The lowest BCUT2D eigenvalue weighted by atomic mass is 10.3. The van der Waals surface area contributed by atoms with Crippen molar-refractivity contribution in [2.24, 2.45) is 0 Å². The van der Waals surface area contributed by atoms with Gasteiger partial charge in [-0.2, -0.15) is 0 Å². The molecule has 1 aromatic heterocycles. The molecule has 2 N–H and O–H groups in total. The summed E-state index contributed by atoms with van der Waals surface area (Å²) in [5, 5.41) is 10.9. The fraction of sp³-hybridized carbons (Fsp3) is 0.455. The quantitative estimate of drug-likeness (QED) is 0.603. The molecule has 110 valence electrons. The number of aromatic nitrogens is 2. The van der Waals surface area contributed by atoms with Crippen LogP contribution in [0.4, 0.5) is 0 Å². The molecule has 0 radical (unpaired) electrons. The summed E-state index contributed by atoms with van der Waals surface area (Å²) in [6, 6.07) is 0. The summed E-state index contributed by atoms with van der Waals surface area (Å²) in [6.45, 7) is -0.222. The van der Waals surface area contributed by atoms with Crippen LogP contribution in [0.5, 0.6) is 11.8 Å². The fourth-order valence-corrected chi connectivity index (χ4v) is 1.34. The number of carbonyl (C=O) groups is 2. The molecule has 0 saturated heterocycles. The van der Waals surface area contributed by atoms with Gasteiger partial charge in [-0.1, -0.05) is 0 Å². The van der Waals surface area contributed by atoms with Gasteiger partial charge in [0.2, 0.25) is 11.8 Å². The highest BCUT2D eigenvalue weighted by Gasteiger charge is 2.20. The lowest BCUT2D eigenvalue weighted by Crippen LogP contribution is -2.29. The van der Waals surface area contributed by atoms with E-state index in [2.05, 4.69) is 15.3 Å². The molecule has 0 bridgehead atoms. The fourth-order valence-electron chi connectivity index (χ4n) is 1.34. The topological polar surface area (TPSA) is 120 Å². The van der Waals surface area contributed by atoms with Crippen LogP contribution in [0.3, 0.4) is 0 Å². The minimum atomic E-state index is -1.07. The lowest BCUT2D eigenvalue weighted by Gasteiger charge is -2.10. The summed E-state index contributed by atoms with van der Waals surface area (Å²) in [7, 11) is 2.74. The number of amides is 1. The number of hydrogen-bond acceptors (Lipinski definition) is 7. The summed E-state index contributed by atoms with van der Waals surface area (Å²) >= 11 is 0. The zero-order valence-electron chi connectivity index (χ0n) is 11.1. The zero-order valence-corrected chi connectivity index (χ0v) is 11.1. The largest absolute Gasteiger partial charge is 0.480 e. The van der Waals surface area contributed by atoms with Crippen molar-refractivity contribution in [1.82, 2.24) is 15.3 Å². The Balaban J connectivity index is 2.61. The van der Waals surface area contributed by atoms with E-state index in [0.717, 1.165) is 0 Å². The van der Waals surface area contributed by atoms with Crippen molar-refractivity contribution in [2.45, 2.75) is 0 Å². The van der Waals surface area contributed by atoms with Crippen molar-refractivity contribution in [3.63, 3.8) is 0 Å². The van der Waals surface area contributed by atoms with Gasteiger partial charge in [0.15, 0.2) is 5.56 Å². The van der Waals surface area contributed by atoms with Gasteiger partial charge in [-0.05, 0) is 0 Å². The number of hydrogen-bond donors (Lipinski definition) is 2. The first kappa shape index (κ1) is 15.6. The lowest BCUT2D eigenvalue weighted by molar-refractivity contribution is -0.142. The summed E-state index contributed by atoms with van der Waals surface area (Å²) in [5.41, 5.74) is 0.0655. The standard InChI is InChI=1S/C11H15N3O6/c1-18-10-8(11(19-2)14-6-13-10)9(17)12-3-4-20-5-7(15)16/h6H,3-5H2,1-2H3,(H,12,17)(H,15,16). The van der Waals surface area contributed by atoms with Crippen LogP contribution in [0.1, 0.15) is 10.4 Å². The molecule has 9 heteroatoms. The molecule has 9 nitrogen and oxygen atoms in total. The first-order valence-electron chi connectivity index (χ1n) is 5.60. The van der Waals surface area contributed by atoms with E-state index in [1.165, 1.54) is 20.5 Å². The van der Waals surface area contributed by atoms with Crippen molar-refractivity contribution in [3.8, 4) is 11.8 Å². The van der Waals surface area contributed by atoms with Crippen LogP contribution < -0.4 is 14.8 Å². The Hall–Kier alpha value is -2.42. The Bertz CT molecular complexity index is 457. The maximum atomic E-state index is 12.0. The van der Waals surface area contributed by atoms with Crippen LogP contribution in [-0.4, -0.2) is 60.9 Å². The highest BCUT2D eigenvalue weighted by Crippen LogP contribution is 2.22. The number of nitrogens with zero attached hydrogens (tertiary/aromatic N) is 2. The summed E-state index contributed by atoms with van der Waals surface area (Å²) in [6.07, 6.45) is 1.21. The molecule has 1 aromatic rings. The maximum Gasteiger partial charge on any atom is 0.329 e. The molecule has 1 amide bonds. The highest BCUT2D eigenvalue weighted by molar-refractivity contribution is 5.98. The van der Waals surface area contributed by atoms with Gasteiger partial charge >= 0.3 is 5.97 Å². The SMILES string of the molecule is COc1ncnc(OC)c1C(=O)NCCOCC(=O)O. The number of rotatable bonds is 8. The van der Waals surface area contributed by atoms with Gasteiger partial charge in [-0.15, -0.1) is 0 Å². The van der Waals surface area contributed by atoms with Crippen LogP contribution in [0.2, 0.25) is 0 Å². The molecule has 0 atom stereocenters. The second kappa shape index (κ2) is 7.89. The van der Waals surface area contributed by atoms with Crippen molar-refractivity contribution in [2.75, 3.05) is 34.0 Å². The second-order valence-electron chi connectivity index (χ2n) is 3.47. The van der Waals surface area contributed by atoms with E-state index < -0.39 is 18.5 Å². The van der Waals surface area contributed by atoms with Gasteiger partial charge in [-0.3, -0.25) is 4.79 Å². The number of methoxy groups -OCH3 is 2. The molecular weight excluding hydrogens is 270 g/mol. The Morgan fingerprint density at radius 1 is 1.25 bits per heavy atom. The number of carboxylic acid groups (broad SMARTS) is 1. The zero-order chi connectivity index (χ0) is 15.0. The van der Waals surface area contributed by atoms with E-state index in [9.17, 15) is 9.59 Å². The van der Waals surface area contributed by atoms with Gasteiger partial charge in [0, 0.05) is 6.54 Å². The van der Waals surface area contributed by atoms with Gasteiger partial charge in [-0.25, -0.2) is 14.8 Å². The second-order valence-corrected chi connectivity index (χ2v) is 3.47. The molecule has 1 heterocycles. The molecule has 0 fully saturated rings. The normalized spacial score (nSPS) is 9.90. The van der Waals surface area contributed by atoms with Crippen LogP contribution in [-0.2, 0) is 9.53 Å². The van der Waals surface area contributed by atoms with Gasteiger partial charge in [0.1, 0.15) is 12.9 Å². The smallest absolute Gasteiger partial charge is 0.329 e. The highest BCUT2D eigenvalue weighted by atomic mass is 16.5. The van der Waals surface area contributed by atoms with E-state index in [1.54, 1.807) is 0 Å². The molecular formula is C11H15N3O6. The van der Waals surface area contributed by atoms with Crippen LogP contribution in [0, 0.1) is 0 Å². The Kier molecular flexibility index (Phi) is 6.17. The van der Waals surface area contributed by atoms with Crippen molar-refractivity contribution < 1.29 is 28.9 Å². The van der Waals surface area contributed by atoms with E-state index in [4.69, 9.17) is 19.3 Å². The third-order valence-electron chi connectivity index (χ3n) is 2.15. The van der Waals surface area contributed by atoms with E-state index in [-0.39, 0.29) is 30.5 Å². The van der Waals surface area contributed by atoms with Gasteiger partial charge in [0.25, 0.3) is 5.91 Å². The Morgan fingerprint density at radius 3 is 2.35 bits per heavy atom. The molecule has 0 aliphatic rings. The van der Waals surface area contributed by atoms with E-state index in [1.807, 2.05) is 0 Å². The molecule has 0 unspecified atom stereocenters. The van der Waals surface area contributed by atoms with Crippen LogP contribution in [0.25, 0.3) is 0 Å². The average Bonchev–Trinajstić information content (AvgIpc) is 2.45. The first-order chi connectivity index (χ1) is 9.60. The Morgan fingerprint density at radius 2 is 1.85 bits per heavy atom. The molecule has 1 rings (SSSR count). The first-order valence-corrected chi connectivity index (χ1v) is 5.60. The minimum absolute atomic E-state index is 0.0655. The molecule has 0 aliphatic carbocycles. The summed E-state index contributed by atoms with van der Waals surface area (Å²) < 4.78 is 14.7. The average molecular weight is 285 g/mol. The predicted octanol–water partition coefficient (Wildman–Crippen LogP) is -0.675. The third kappa shape index (κ3) is 4.35. The van der Waals surface area contributed by atoms with Gasteiger partial charge in [0.05, 0.1) is 20.8 Å². The van der Waals surface area contributed by atoms with Crippen molar-refractivity contribution >= 4 is 11.9 Å². The number of carbonyl (C=O) groups excluding carboxylic acids is 1. The molecule has 0 spiro atoms. The number of nitrogens with one attached hydrogen (secondary N) is 1. The minimum Gasteiger partial charge on any atom is -0.480 e. The number of aliphatic carboxylic acids is 1. The maximum absolute atomic E-state index is 12.0. The molecule has 0 aliphatic heterocycles. The molecule has 20 heavy (non-hydrogen) atoms. The molecule has 0 aromatic carbocycles. The van der Waals surface area contributed by atoms with E-state index >= 15 is 0 Å². The monoisotopic (exact) mass is 285 g/mol. The van der Waals surface area contributed by atoms with Crippen molar-refractivity contribution in [3.05, 3.63) is 11.9 Å². The summed E-state index contributed by atoms with van der Waals surface area (Å²) in [5.74, 6) is -1.41. The third-order valence-corrected chi connectivity index (χ3v) is 2.15. The van der Waals surface area contributed by atoms with Crippen LogP contribution in [0.15, 0.2) is 6.33 Å². The predicted molar refractivity (Wildman–Crippen MR) is 65.9 cm³/mol. The van der Waals surface area contributed by atoms with Crippen LogP contribution >= 0.6 is 0 Å². The van der Waals surface area contributed by atoms with E-state index in [0.29, 0.717) is 0 Å².